The van der Waals surface area contributed by atoms with Crippen LogP contribution in [0.15, 0.2) is 24.3 Å². The summed E-state index contributed by atoms with van der Waals surface area (Å²) in [5.41, 5.74) is 7.41. The maximum atomic E-state index is 11.4. The number of benzene rings is 1. The van der Waals surface area contributed by atoms with E-state index in [1.54, 1.807) is 0 Å². The van der Waals surface area contributed by atoms with E-state index in [-0.39, 0.29) is 5.92 Å². The van der Waals surface area contributed by atoms with Gasteiger partial charge in [-0.15, -0.1) is 0 Å². The molecule has 3 rings (SSSR count). The van der Waals surface area contributed by atoms with Gasteiger partial charge in [-0.3, -0.25) is 0 Å². The van der Waals surface area contributed by atoms with Gasteiger partial charge in [-0.05, 0) is 44.3 Å². The van der Waals surface area contributed by atoms with E-state index in [0.29, 0.717) is 6.04 Å². The lowest BCUT2D eigenvalue weighted by Crippen LogP contribution is -2.47. The lowest BCUT2D eigenvalue weighted by atomic mass is 9.71. The molecule has 0 spiro atoms. The van der Waals surface area contributed by atoms with E-state index in [4.69, 9.17) is 13.6 Å². The number of rotatable bonds is 4. The molecule has 1 saturated carbocycles. The molecule has 1 unspecified atom stereocenters. The van der Waals surface area contributed by atoms with Gasteiger partial charge >= 0.3 is 0 Å². The Morgan fingerprint density at radius 1 is 1.22 bits per heavy atom. The molecule has 2 radical (unpaired) electrons. The van der Waals surface area contributed by atoms with Gasteiger partial charge in [0.2, 0.25) is 0 Å². The van der Waals surface area contributed by atoms with Gasteiger partial charge in [-0.1, -0.05) is 49.0 Å². The van der Waals surface area contributed by atoms with Crippen molar-refractivity contribution in [2.45, 2.75) is 62.5 Å². The van der Waals surface area contributed by atoms with Crippen molar-refractivity contribution in [1.29, 1.82) is 0 Å². The molecule has 1 saturated heterocycles. The molecule has 1 aliphatic carbocycles. The average molecular weight is 312 g/mol. The van der Waals surface area contributed by atoms with Crippen LogP contribution in [0.3, 0.4) is 0 Å². The highest BCUT2D eigenvalue weighted by atomic mass is 16.3. The van der Waals surface area contributed by atoms with Crippen molar-refractivity contribution in [3.8, 4) is 0 Å². The van der Waals surface area contributed by atoms with Crippen LogP contribution in [-0.4, -0.2) is 49.1 Å². The summed E-state index contributed by atoms with van der Waals surface area (Å²) in [6.45, 7) is 2.98. The molecule has 0 amide bonds. The molecule has 1 aromatic carbocycles. The smallest absolute Gasteiger partial charge is 0.113 e. The van der Waals surface area contributed by atoms with Gasteiger partial charge in [0.1, 0.15) is 7.85 Å². The van der Waals surface area contributed by atoms with E-state index in [9.17, 15) is 5.11 Å². The number of piperidine rings is 1. The summed E-state index contributed by atoms with van der Waals surface area (Å²) in [6, 6.07) is 8.45. The third-order valence-electron chi connectivity index (χ3n) is 5.75. The molecule has 23 heavy (non-hydrogen) atoms. The Morgan fingerprint density at radius 2 is 1.91 bits per heavy atom. The lowest BCUT2D eigenvalue weighted by molar-refractivity contribution is -0.0324. The van der Waals surface area contributed by atoms with Gasteiger partial charge in [-0.25, -0.2) is 0 Å². The van der Waals surface area contributed by atoms with Crippen LogP contribution in [-0.2, 0) is 0 Å². The van der Waals surface area contributed by atoms with Gasteiger partial charge in [-0.2, -0.15) is 0 Å². The molecule has 1 aliphatic heterocycles. The van der Waals surface area contributed by atoms with Crippen LogP contribution in [0.5, 0.6) is 0 Å². The van der Waals surface area contributed by atoms with Crippen LogP contribution in [0.4, 0.5) is 0 Å². The van der Waals surface area contributed by atoms with Crippen molar-refractivity contribution in [1.82, 2.24) is 4.90 Å². The normalized spacial score (nSPS) is 24.4. The van der Waals surface area contributed by atoms with Crippen LogP contribution < -0.4 is 11.2 Å². The minimum absolute atomic E-state index is 0.139. The average Bonchev–Trinajstić information content (AvgIpc) is 2.55. The maximum absolute atomic E-state index is 11.4. The minimum Gasteiger partial charge on any atom is -0.389 e. The van der Waals surface area contributed by atoms with Crippen LogP contribution in [0.25, 0.3) is 0 Å². The highest BCUT2D eigenvalue weighted by Crippen LogP contribution is 2.40. The van der Waals surface area contributed by atoms with Crippen LogP contribution in [0.2, 0.25) is 0 Å². The fourth-order valence-electron chi connectivity index (χ4n) is 4.27. The van der Waals surface area contributed by atoms with E-state index in [1.165, 1.54) is 12.0 Å². The van der Waals surface area contributed by atoms with Crippen LogP contribution >= 0.6 is 0 Å². The SMILES string of the molecule is [B]c1cccc(C(CN2CCC(N)CC2)C2(O)CCCCC2)c1. The van der Waals surface area contributed by atoms with Gasteiger partial charge < -0.3 is 15.7 Å². The summed E-state index contributed by atoms with van der Waals surface area (Å²) in [6.07, 6.45) is 7.41. The minimum atomic E-state index is -0.592. The molecule has 1 heterocycles. The molecular weight excluding hydrogens is 283 g/mol. The maximum Gasteiger partial charge on any atom is 0.113 e. The molecule has 2 fully saturated rings. The van der Waals surface area contributed by atoms with Gasteiger partial charge in [0.15, 0.2) is 0 Å². The number of likely N-dealkylation sites (tertiary alicyclic amines) is 1. The Bertz CT molecular complexity index is 508. The summed E-state index contributed by atoms with van der Waals surface area (Å²) >= 11 is 0. The predicted octanol–water partition coefficient (Wildman–Crippen LogP) is 1.68. The van der Waals surface area contributed by atoms with E-state index in [1.807, 2.05) is 18.2 Å². The molecule has 3 N–H and O–H groups in total. The zero-order chi connectivity index (χ0) is 16.3. The third kappa shape index (κ3) is 4.17. The molecule has 3 nitrogen and oxygen atoms in total. The van der Waals surface area contributed by atoms with Crippen molar-refractivity contribution in [3.05, 3.63) is 29.8 Å². The number of hydrogen-bond donors (Lipinski definition) is 2. The van der Waals surface area contributed by atoms with Crippen LogP contribution in [0.1, 0.15) is 56.4 Å². The quantitative estimate of drug-likeness (QED) is 0.832. The van der Waals surface area contributed by atoms with Crippen molar-refractivity contribution in [3.63, 3.8) is 0 Å². The predicted molar refractivity (Wildman–Crippen MR) is 96.3 cm³/mol. The third-order valence-corrected chi connectivity index (χ3v) is 5.75. The largest absolute Gasteiger partial charge is 0.389 e. The zero-order valence-electron chi connectivity index (χ0n) is 14.1. The summed E-state index contributed by atoms with van der Waals surface area (Å²) in [7, 11) is 6.01. The van der Waals surface area contributed by atoms with E-state index < -0.39 is 5.60 Å². The second kappa shape index (κ2) is 7.37. The number of nitrogens with zero attached hydrogens (tertiary/aromatic N) is 1. The Kier molecular flexibility index (Phi) is 5.45. The monoisotopic (exact) mass is 312 g/mol. The van der Waals surface area contributed by atoms with Crippen molar-refractivity contribution in [2.75, 3.05) is 19.6 Å². The van der Waals surface area contributed by atoms with Gasteiger partial charge in [0.05, 0.1) is 5.60 Å². The van der Waals surface area contributed by atoms with Crippen molar-refractivity contribution in [2.24, 2.45) is 5.73 Å². The molecule has 0 bridgehead atoms. The molecular formula is C19H29BN2O. The van der Waals surface area contributed by atoms with Gasteiger partial charge in [0.25, 0.3) is 0 Å². The lowest BCUT2D eigenvalue weighted by Gasteiger charge is -2.43. The number of nitrogens with two attached hydrogens (primary N) is 1. The van der Waals surface area contributed by atoms with E-state index in [0.717, 1.165) is 63.6 Å². The number of aliphatic hydroxyl groups is 1. The second-order valence-electron chi connectivity index (χ2n) is 7.52. The molecule has 4 heteroatoms. The summed E-state index contributed by atoms with van der Waals surface area (Å²) in [5.74, 6) is 0.139. The fraction of sp³-hybridized carbons (Fsp3) is 0.684. The second-order valence-corrected chi connectivity index (χ2v) is 7.52. The fourth-order valence-corrected chi connectivity index (χ4v) is 4.27. The summed E-state index contributed by atoms with van der Waals surface area (Å²) < 4.78 is 0. The first-order valence-electron chi connectivity index (χ1n) is 9.12. The highest BCUT2D eigenvalue weighted by molar-refractivity contribution is 6.32. The van der Waals surface area contributed by atoms with Gasteiger partial charge in [0, 0.05) is 18.5 Å². The molecule has 1 atom stereocenters. The molecule has 1 aromatic rings. The zero-order valence-corrected chi connectivity index (χ0v) is 14.1. The van der Waals surface area contributed by atoms with Crippen molar-refractivity contribution < 1.29 is 5.11 Å². The molecule has 124 valence electrons. The first-order valence-corrected chi connectivity index (χ1v) is 9.12. The Hall–Kier alpha value is -0.835. The Labute approximate surface area is 141 Å². The molecule has 0 aromatic heterocycles. The first-order chi connectivity index (χ1) is 11.1. The van der Waals surface area contributed by atoms with Crippen LogP contribution in [0, 0.1) is 0 Å². The highest BCUT2D eigenvalue weighted by Gasteiger charge is 2.39. The topological polar surface area (TPSA) is 49.5 Å². The Morgan fingerprint density at radius 3 is 2.57 bits per heavy atom. The Balaban J connectivity index is 1.81. The standard InChI is InChI=1S/C19H29BN2O/c20-16-6-4-5-15(13-16)18(19(23)9-2-1-3-10-19)14-22-11-7-17(21)8-12-22/h4-6,13,17-18,23H,1-3,7-12,14,21H2. The summed E-state index contributed by atoms with van der Waals surface area (Å²) in [5, 5.41) is 11.4. The van der Waals surface area contributed by atoms with E-state index in [2.05, 4.69) is 11.0 Å². The summed E-state index contributed by atoms with van der Waals surface area (Å²) in [4.78, 5) is 2.48. The van der Waals surface area contributed by atoms with Crippen molar-refractivity contribution >= 4 is 13.3 Å². The number of hydrogen-bond acceptors (Lipinski definition) is 3. The first kappa shape index (κ1) is 17.0. The van der Waals surface area contributed by atoms with E-state index >= 15 is 0 Å². The molecule has 2 aliphatic rings.